The third-order valence-electron chi connectivity index (χ3n) is 4.01. The number of carbonyl (C=O) groups excluding carboxylic acids is 2. The van der Waals surface area contributed by atoms with Gasteiger partial charge >= 0.3 is 6.09 Å². The number of nitrogens with one attached hydrogen (secondary N) is 2. The number of hydrogen-bond acceptors (Lipinski definition) is 5. The van der Waals surface area contributed by atoms with Crippen LogP contribution < -0.4 is 16.4 Å². The average molecular weight is 394 g/mol. The maximum Gasteiger partial charge on any atom is 0.407 e. The Morgan fingerprint density at radius 2 is 1.86 bits per heavy atom. The van der Waals surface area contributed by atoms with Gasteiger partial charge in [-0.15, -0.1) is 0 Å². The largest absolute Gasteiger partial charge is 0.445 e. The predicted octanol–water partition coefficient (Wildman–Crippen LogP) is 3.48. The minimum absolute atomic E-state index is 0.127. The Balaban J connectivity index is 1.50. The monoisotopic (exact) mass is 394 g/mol. The molecule has 8 heteroatoms. The zero-order valence-electron chi connectivity index (χ0n) is 15.4. The van der Waals surface area contributed by atoms with Gasteiger partial charge in [0.2, 0.25) is 0 Å². The van der Waals surface area contributed by atoms with Gasteiger partial charge in [-0.3, -0.25) is 9.78 Å². The van der Waals surface area contributed by atoms with E-state index in [1.165, 1.54) is 12.1 Å². The maximum absolute atomic E-state index is 13.3. The van der Waals surface area contributed by atoms with Crippen LogP contribution in [0.15, 0.2) is 67.0 Å². The van der Waals surface area contributed by atoms with Crippen LogP contribution >= 0.6 is 0 Å². The smallest absolute Gasteiger partial charge is 0.407 e. The first kappa shape index (κ1) is 19.8. The molecule has 4 N–H and O–H groups in total. The molecule has 29 heavy (non-hydrogen) atoms. The van der Waals surface area contributed by atoms with Gasteiger partial charge in [0.25, 0.3) is 5.91 Å². The van der Waals surface area contributed by atoms with Gasteiger partial charge in [0.1, 0.15) is 12.4 Å². The number of pyridine rings is 1. The second kappa shape index (κ2) is 9.32. The molecule has 3 aromatic rings. The van der Waals surface area contributed by atoms with Gasteiger partial charge in [-0.1, -0.05) is 18.2 Å². The minimum Gasteiger partial charge on any atom is -0.445 e. The van der Waals surface area contributed by atoms with Crippen molar-refractivity contribution in [2.45, 2.75) is 13.2 Å². The third-order valence-corrected chi connectivity index (χ3v) is 4.01. The molecule has 0 spiro atoms. The van der Waals surface area contributed by atoms with Gasteiger partial charge in [-0.05, 0) is 42.0 Å². The number of amides is 2. The number of nitrogen functional groups attached to an aromatic ring is 1. The topological polar surface area (TPSA) is 106 Å². The zero-order chi connectivity index (χ0) is 20.6. The fraction of sp³-hybridized carbons (Fsp3) is 0.0952. The Bertz CT molecular complexity index is 995. The van der Waals surface area contributed by atoms with Crippen molar-refractivity contribution >= 4 is 23.4 Å². The summed E-state index contributed by atoms with van der Waals surface area (Å²) in [6.07, 6.45) is 2.70. The highest BCUT2D eigenvalue weighted by molar-refractivity contribution is 6.05. The van der Waals surface area contributed by atoms with Gasteiger partial charge in [-0.25, -0.2) is 9.18 Å². The fourth-order valence-corrected chi connectivity index (χ4v) is 2.46. The lowest BCUT2D eigenvalue weighted by molar-refractivity contribution is 0.102. The lowest BCUT2D eigenvalue weighted by Crippen LogP contribution is -2.23. The van der Waals surface area contributed by atoms with Crippen molar-refractivity contribution in [2.75, 3.05) is 11.1 Å². The van der Waals surface area contributed by atoms with Gasteiger partial charge < -0.3 is 21.1 Å². The summed E-state index contributed by atoms with van der Waals surface area (Å²) in [5.74, 6) is -0.913. The van der Waals surface area contributed by atoms with Crippen LogP contribution in [-0.2, 0) is 17.9 Å². The van der Waals surface area contributed by atoms with Crippen LogP contribution in [0.25, 0.3) is 0 Å². The second-order valence-electron chi connectivity index (χ2n) is 6.17. The summed E-state index contributed by atoms with van der Waals surface area (Å²) in [7, 11) is 0. The first-order valence-corrected chi connectivity index (χ1v) is 8.76. The van der Waals surface area contributed by atoms with Gasteiger partial charge in [-0.2, -0.15) is 0 Å². The average Bonchev–Trinajstić information content (AvgIpc) is 2.74. The Kier molecular flexibility index (Phi) is 6.36. The number of nitrogens with two attached hydrogens (primary N) is 1. The molecule has 1 heterocycles. The van der Waals surface area contributed by atoms with Crippen molar-refractivity contribution in [3.63, 3.8) is 0 Å². The molecule has 0 aliphatic heterocycles. The van der Waals surface area contributed by atoms with Crippen LogP contribution in [0, 0.1) is 5.82 Å². The first-order chi connectivity index (χ1) is 14.0. The second-order valence-corrected chi connectivity index (χ2v) is 6.17. The van der Waals surface area contributed by atoms with Crippen molar-refractivity contribution in [3.05, 3.63) is 89.5 Å². The number of carbonyl (C=O) groups is 2. The molecule has 2 aromatic carbocycles. The van der Waals surface area contributed by atoms with Crippen LogP contribution in [0.4, 0.5) is 20.6 Å². The van der Waals surface area contributed by atoms with Gasteiger partial charge in [0.15, 0.2) is 0 Å². The van der Waals surface area contributed by atoms with E-state index in [4.69, 9.17) is 10.5 Å². The van der Waals surface area contributed by atoms with E-state index < -0.39 is 17.8 Å². The van der Waals surface area contributed by atoms with Crippen LogP contribution in [0.1, 0.15) is 21.5 Å². The molecule has 0 fully saturated rings. The van der Waals surface area contributed by atoms with Crippen molar-refractivity contribution in [1.29, 1.82) is 0 Å². The summed E-state index contributed by atoms with van der Waals surface area (Å²) in [6, 6.07) is 13.9. The van der Waals surface area contributed by atoms with Crippen LogP contribution in [0.2, 0.25) is 0 Å². The third kappa shape index (κ3) is 5.77. The van der Waals surface area contributed by atoms with Crippen LogP contribution in [0.3, 0.4) is 0 Å². The van der Waals surface area contributed by atoms with E-state index >= 15 is 0 Å². The van der Waals surface area contributed by atoms with Crippen molar-refractivity contribution in [1.82, 2.24) is 10.3 Å². The molecule has 1 aromatic heterocycles. The fourth-order valence-electron chi connectivity index (χ4n) is 2.46. The molecule has 0 unspecified atom stereocenters. The van der Waals surface area contributed by atoms with E-state index in [0.29, 0.717) is 5.56 Å². The minimum atomic E-state index is -0.558. The van der Waals surface area contributed by atoms with E-state index in [9.17, 15) is 14.0 Å². The Labute approximate surface area is 166 Å². The van der Waals surface area contributed by atoms with E-state index in [0.717, 1.165) is 17.2 Å². The van der Waals surface area contributed by atoms with Gasteiger partial charge in [0.05, 0.1) is 11.4 Å². The summed E-state index contributed by atoms with van der Waals surface area (Å²) < 4.78 is 18.4. The summed E-state index contributed by atoms with van der Waals surface area (Å²) in [5, 5.41) is 5.20. The highest BCUT2D eigenvalue weighted by Gasteiger charge is 2.09. The number of hydrogen-bond donors (Lipinski definition) is 3. The highest BCUT2D eigenvalue weighted by atomic mass is 19.1. The number of nitrogens with zero attached hydrogens (tertiary/aromatic N) is 1. The molecular weight excluding hydrogens is 375 g/mol. The van der Waals surface area contributed by atoms with E-state index in [1.807, 2.05) is 6.07 Å². The molecule has 0 saturated heterocycles. The molecular formula is C21H19FN4O3. The molecule has 148 valence electrons. The molecule has 2 amide bonds. The number of benzene rings is 2. The zero-order valence-corrected chi connectivity index (χ0v) is 15.4. The Morgan fingerprint density at radius 1 is 1.07 bits per heavy atom. The van der Waals surface area contributed by atoms with E-state index in [-0.39, 0.29) is 24.5 Å². The van der Waals surface area contributed by atoms with E-state index in [2.05, 4.69) is 15.6 Å². The predicted molar refractivity (Wildman–Crippen MR) is 106 cm³/mol. The quantitative estimate of drug-likeness (QED) is 0.555. The van der Waals surface area contributed by atoms with E-state index in [1.54, 1.807) is 42.7 Å². The molecule has 3 rings (SSSR count). The van der Waals surface area contributed by atoms with Crippen molar-refractivity contribution in [3.8, 4) is 0 Å². The lowest BCUT2D eigenvalue weighted by Gasteiger charge is -2.09. The SMILES string of the molecule is Nc1ccc(F)cc1NC(=O)c1ccc(CNC(=O)OCc2cccnc2)cc1. The summed E-state index contributed by atoms with van der Waals surface area (Å²) in [6.45, 7) is 0.368. The van der Waals surface area contributed by atoms with Crippen LogP contribution in [0.5, 0.6) is 0 Å². The maximum atomic E-state index is 13.3. The molecule has 0 radical (unpaired) electrons. The number of alkyl carbamates (subject to hydrolysis) is 1. The first-order valence-electron chi connectivity index (χ1n) is 8.76. The number of aromatic nitrogens is 1. The molecule has 0 atom stereocenters. The molecule has 0 bridgehead atoms. The molecule has 0 aliphatic rings. The number of rotatable bonds is 6. The normalized spacial score (nSPS) is 10.2. The molecule has 7 nitrogen and oxygen atoms in total. The summed E-state index contributed by atoms with van der Waals surface area (Å²) in [4.78, 5) is 28.0. The standard InChI is InChI=1S/C21H19FN4O3/c22-17-7-8-18(23)19(10-17)26-20(27)16-5-3-14(4-6-16)12-25-21(28)29-13-15-2-1-9-24-11-15/h1-11H,12-13,23H2,(H,25,28)(H,26,27). The van der Waals surface area contributed by atoms with Crippen molar-refractivity contribution < 1.29 is 18.7 Å². The van der Waals surface area contributed by atoms with Crippen molar-refractivity contribution in [2.24, 2.45) is 0 Å². The molecule has 0 aliphatic carbocycles. The lowest BCUT2D eigenvalue weighted by atomic mass is 10.1. The Morgan fingerprint density at radius 3 is 2.59 bits per heavy atom. The van der Waals surface area contributed by atoms with Crippen LogP contribution in [-0.4, -0.2) is 17.0 Å². The number of anilines is 2. The Hall–Kier alpha value is -3.94. The highest BCUT2D eigenvalue weighted by Crippen LogP contribution is 2.20. The van der Waals surface area contributed by atoms with Gasteiger partial charge in [0, 0.05) is 30.1 Å². The molecule has 0 saturated carbocycles. The number of ether oxygens (including phenoxy) is 1. The number of halogens is 1. The summed E-state index contributed by atoms with van der Waals surface area (Å²) >= 11 is 0. The summed E-state index contributed by atoms with van der Waals surface area (Å²) in [5.41, 5.74) is 8.15.